The van der Waals surface area contributed by atoms with Gasteiger partial charge in [-0.05, 0) is 43.4 Å². The number of benzene rings is 2. The van der Waals surface area contributed by atoms with Crippen LogP contribution < -0.4 is 26.2 Å². The molecule has 0 bridgehead atoms. The molecule has 0 saturated carbocycles. The van der Waals surface area contributed by atoms with E-state index in [2.05, 4.69) is 21.4 Å². The van der Waals surface area contributed by atoms with Crippen LogP contribution in [0.4, 0.5) is 5.69 Å². The Hall–Kier alpha value is -1.57. The Kier molecular flexibility index (Phi) is 10.7. The number of hydrogen-bond acceptors (Lipinski definition) is 5. The molecule has 0 spiro atoms. The van der Waals surface area contributed by atoms with Gasteiger partial charge >= 0.3 is 0 Å². The molecule has 0 heterocycles. The molecule has 0 aromatic heterocycles. The molecule has 0 aliphatic heterocycles. The summed E-state index contributed by atoms with van der Waals surface area (Å²) in [6.45, 7) is 1.81. The van der Waals surface area contributed by atoms with E-state index in [-0.39, 0.29) is 21.3 Å². The van der Waals surface area contributed by atoms with Gasteiger partial charge in [-0.2, -0.15) is 0 Å². The van der Waals surface area contributed by atoms with Crippen LogP contribution in [0.2, 0.25) is 0 Å². The zero-order valence-corrected chi connectivity index (χ0v) is 23.0. The fourth-order valence-electron chi connectivity index (χ4n) is 2.44. The second kappa shape index (κ2) is 12.6. The zero-order chi connectivity index (χ0) is 26.4. The van der Waals surface area contributed by atoms with E-state index in [1.807, 2.05) is 11.8 Å². The molecular formula is C19H18Cl5N5O4S2. The molecule has 2 aromatic carbocycles. The number of thiocarbonyl (C=S) groups is 1. The lowest BCUT2D eigenvalue weighted by atomic mass is 10.1. The second-order valence-corrected chi connectivity index (χ2v) is 12.4. The normalized spacial score (nSPS) is 12.5. The predicted molar refractivity (Wildman–Crippen MR) is 142 cm³/mol. The molecule has 16 heteroatoms. The van der Waals surface area contributed by atoms with Gasteiger partial charge in [-0.25, -0.2) is 8.42 Å². The van der Waals surface area contributed by atoms with Crippen LogP contribution in [0, 0.1) is 6.92 Å². The maximum atomic E-state index is 12.7. The van der Waals surface area contributed by atoms with Crippen LogP contribution in [-0.4, -0.2) is 40.1 Å². The molecule has 9 nitrogen and oxygen atoms in total. The first kappa shape index (κ1) is 29.7. The lowest BCUT2D eigenvalue weighted by Gasteiger charge is -2.28. The van der Waals surface area contributed by atoms with Gasteiger partial charge in [0.2, 0.25) is 3.79 Å². The summed E-state index contributed by atoms with van der Waals surface area (Å²) in [6, 6.07) is 12.1. The highest BCUT2D eigenvalue weighted by atomic mass is 35.6. The predicted octanol–water partition coefficient (Wildman–Crippen LogP) is 3.52. The highest BCUT2D eigenvalue weighted by Crippen LogP contribution is 2.29. The van der Waals surface area contributed by atoms with Crippen LogP contribution >= 0.6 is 70.2 Å². The van der Waals surface area contributed by atoms with Crippen molar-refractivity contribution in [3.05, 3.63) is 59.7 Å². The van der Waals surface area contributed by atoms with E-state index in [4.69, 9.17) is 70.2 Å². The van der Waals surface area contributed by atoms with E-state index in [0.29, 0.717) is 0 Å². The maximum Gasteiger partial charge on any atom is 0.268 e. The number of aryl methyl sites for hydroxylation is 1. The van der Waals surface area contributed by atoms with Gasteiger partial charge < -0.3 is 16.0 Å². The molecule has 2 rings (SSSR count). The number of alkyl halides is 5. The second-order valence-electron chi connectivity index (χ2n) is 6.80. The Labute approximate surface area is 232 Å². The molecular weight excluding hydrogens is 604 g/mol. The minimum Gasteiger partial charge on any atom is -0.339 e. The van der Waals surface area contributed by atoms with Crippen molar-refractivity contribution in [3.63, 3.8) is 0 Å². The molecule has 190 valence electrons. The number of anilines is 1. The van der Waals surface area contributed by atoms with Crippen molar-refractivity contribution in [2.45, 2.75) is 26.6 Å². The largest absolute Gasteiger partial charge is 0.339 e. The molecule has 1 atom stereocenters. The molecule has 35 heavy (non-hydrogen) atoms. The van der Waals surface area contributed by atoms with Gasteiger partial charge in [-0.3, -0.25) is 15.0 Å². The Balaban J connectivity index is 2.11. The van der Waals surface area contributed by atoms with Crippen LogP contribution in [0.5, 0.6) is 0 Å². The average molecular weight is 622 g/mol. The van der Waals surface area contributed by atoms with Crippen LogP contribution in [-0.2, 0) is 14.8 Å². The van der Waals surface area contributed by atoms with Gasteiger partial charge in [0.15, 0.2) is 9.95 Å². The number of hydrogen-bond donors (Lipinski definition) is 5. The fourth-order valence-corrected chi connectivity index (χ4v) is 3.96. The number of para-hydroxylation sites is 1. The molecule has 0 radical (unpaired) electrons. The Morgan fingerprint density at radius 2 is 1.57 bits per heavy atom. The highest BCUT2D eigenvalue weighted by Gasteiger charge is 2.35. The number of carbonyl (C=O) groups is 2. The summed E-state index contributed by atoms with van der Waals surface area (Å²) >= 11 is 33.8. The van der Waals surface area contributed by atoms with Crippen molar-refractivity contribution < 1.29 is 18.0 Å². The molecule has 2 amide bonds. The molecule has 5 N–H and O–H groups in total. The number of rotatable bonds is 8. The number of amides is 2. The van der Waals surface area contributed by atoms with Gasteiger partial charge in [0, 0.05) is 0 Å². The first-order chi connectivity index (χ1) is 16.2. The number of carbonyl (C=O) groups excluding carboxylic acids is 2. The van der Waals surface area contributed by atoms with Crippen molar-refractivity contribution in [2.24, 2.45) is 0 Å². The summed E-state index contributed by atoms with van der Waals surface area (Å²) < 4.78 is 22.8. The summed E-state index contributed by atoms with van der Waals surface area (Å²) in [4.78, 5) is 25.0. The van der Waals surface area contributed by atoms with Crippen molar-refractivity contribution in [3.8, 4) is 0 Å². The number of nitrogens with one attached hydrogen (secondary N) is 5. The van der Waals surface area contributed by atoms with E-state index < -0.39 is 36.6 Å². The van der Waals surface area contributed by atoms with Crippen LogP contribution in [0.3, 0.4) is 0 Å². The minimum atomic E-state index is -4.01. The zero-order valence-electron chi connectivity index (χ0n) is 17.6. The summed E-state index contributed by atoms with van der Waals surface area (Å²) in [7, 11) is -4.01. The topological polar surface area (TPSA) is 128 Å². The third-order valence-corrected chi connectivity index (χ3v) is 6.67. The quantitative estimate of drug-likeness (QED) is 0.132. The van der Waals surface area contributed by atoms with E-state index >= 15 is 0 Å². The summed E-state index contributed by atoms with van der Waals surface area (Å²) in [5.41, 5.74) is 3.22. The molecule has 0 saturated heterocycles. The van der Waals surface area contributed by atoms with Crippen molar-refractivity contribution in [2.75, 3.05) is 5.32 Å². The SMILES string of the molecule is Cc1ccc(S(=O)(=O)NNC(=O)c2ccccc2NC(=S)NC(NC(=O)C(Cl)Cl)C(Cl)(Cl)Cl)cc1. The monoisotopic (exact) mass is 619 g/mol. The van der Waals surface area contributed by atoms with E-state index in [0.717, 1.165) is 5.56 Å². The van der Waals surface area contributed by atoms with Crippen molar-refractivity contribution in [1.82, 2.24) is 20.9 Å². The average Bonchev–Trinajstić information content (AvgIpc) is 2.77. The van der Waals surface area contributed by atoms with Gasteiger partial charge in [-0.1, -0.05) is 87.8 Å². The third-order valence-electron chi connectivity index (χ3n) is 4.14. The first-order valence-corrected chi connectivity index (χ1v) is 13.3. The fraction of sp³-hybridized carbons (Fsp3) is 0.211. The third kappa shape index (κ3) is 9.10. The van der Waals surface area contributed by atoms with Gasteiger partial charge in [0.25, 0.3) is 21.8 Å². The Morgan fingerprint density at radius 3 is 2.14 bits per heavy atom. The van der Waals surface area contributed by atoms with Gasteiger partial charge in [0.05, 0.1) is 16.1 Å². The molecule has 1 unspecified atom stereocenters. The van der Waals surface area contributed by atoms with Crippen LogP contribution in [0.15, 0.2) is 53.4 Å². The van der Waals surface area contributed by atoms with Crippen molar-refractivity contribution >= 4 is 103 Å². The molecule has 0 aliphatic carbocycles. The first-order valence-electron chi connectivity index (χ1n) is 9.41. The van der Waals surface area contributed by atoms with E-state index in [1.54, 1.807) is 24.3 Å². The van der Waals surface area contributed by atoms with Gasteiger partial charge in [-0.15, -0.1) is 4.83 Å². The van der Waals surface area contributed by atoms with Crippen LogP contribution in [0.1, 0.15) is 15.9 Å². The lowest BCUT2D eigenvalue weighted by Crippen LogP contribution is -2.57. The maximum absolute atomic E-state index is 12.7. The Morgan fingerprint density at radius 1 is 0.971 bits per heavy atom. The summed E-state index contributed by atoms with van der Waals surface area (Å²) in [5, 5.41) is 7.42. The number of halogens is 5. The molecule has 0 aliphatic rings. The number of hydrazine groups is 1. The van der Waals surface area contributed by atoms with E-state index in [9.17, 15) is 18.0 Å². The highest BCUT2D eigenvalue weighted by molar-refractivity contribution is 7.89. The number of sulfonamides is 1. The van der Waals surface area contributed by atoms with Crippen LogP contribution in [0.25, 0.3) is 0 Å². The molecule has 0 fully saturated rings. The molecule has 2 aromatic rings. The van der Waals surface area contributed by atoms with E-state index in [1.165, 1.54) is 24.3 Å². The van der Waals surface area contributed by atoms with Crippen molar-refractivity contribution in [1.29, 1.82) is 0 Å². The summed E-state index contributed by atoms with van der Waals surface area (Å²) in [6.07, 6.45) is -1.35. The standard InChI is InChI=1S/C19H18Cl5N5O4S2/c1-10-6-8-11(9-7-10)35(32,33)29-28-15(30)12-4-2-3-5-13(12)25-18(34)27-17(19(22,23)24)26-16(31)14(20)21/h2-9,14,17,29H,1H3,(H,26,31)(H,28,30)(H2,25,27,34). The lowest BCUT2D eigenvalue weighted by molar-refractivity contribution is -0.120. The minimum absolute atomic E-state index is 0.0271. The Bertz CT molecular complexity index is 1190. The smallest absolute Gasteiger partial charge is 0.268 e. The summed E-state index contributed by atoms with van der Waals surface area (Å²) in [5.74, 6) is -1.63. The van der Waals surface area contributed by atoms with Gasteiger partial charge in [0.1, 0.15) is 6.17 Å².